The van der Waals surface area contributed by atoms with Crippen LogP contribution in [0.3, 0.4) is 0 Å². The van der Waals surface area contributed by atoms with Gasteiger partial charge in [0.05, 0.1) is 13.2 Å². The molecule has 0 aliphatic carbocycles. The molecule has 1 atom stereocenters. The summed E-state index contributed by atoms with van der Waals surface area (Å²) >= 11 is 0. The molecule has 0 aromatic heterocycles. The number of hydrogen-bond donors (Lipinski definition) is 2. The molecule has 5 rings (SSSR count). The van der Waals surface area contributed by atoms with Crippen LogP contribution in [-0.2, 0) is 27.4 Å². The molecule has 30 heavy (non-hydrogen) atoms. The lowest BCUT2D eigenvalue weighted by atomic mass is 9.85. The molecule has 3 saturated heterocycles. The lowest BCUT2D eigenvalue weighted by Crippen LogP contribution is -2.60. The molecule has 1 aromatic carbocycles. The molecule has 2 N–H and O–H groups in total. The summed E-state index contributed by atoms with van der Waals surface area (Å²) in [5, 5.41) is 5.80. The van der Waals surface area contributed by atoms with E-state index in [1.165, 1.54) is 5.56 Å². The third-order valence-electron chi connectivity index (χ3n) is 7.04. The lowest BCUT2D eigenvalue weighted by molar-refractivity contribution is -0.136. The number of benzene rings is 1. The average Bonchev–Trinajstić information content (AvgIpc) is 3.06. The van der Waals surface area contributed by atoms with Gasteiger partial charge in [-0.3, -0.25) is 24.6 Å². The Hall–Kier alpha value is -2.29. The van der Waals surface area contributed by atoms with E-state index in [1.807, 2.05) is 12.1 Å². The number of rotatable bonds is 3. The molecule has 160 valence electrons. The second-order valence-corrected chi connectivity index (χ2v) is 8.84. The number of hydrogen-bond acceptors (Lipinski definition) is 6. The number of nitrogens with zero attached hydrogens (tertiary/aromatic N) is 2. The summed E-state index contributed by atoms with van der Waals surface area (Å²) in [6.07, 6.45) is 2.83. The summed E-state index contributed by atoms with van der Waals surface area (Å²) in [5.74, 6) is -0.749. The maximum Gasteiger partial charge on any atom is 0.255 e. The fourth-order valence-corrected chi connectivity index (χ4v) is 5.31. The molecule has 8 heteroatoms. The van der Waals surface area contributed by atoms with E-state index in [4.69, 9.17) is 4.74 Å². The van der Waals surface area contributed by atoms with Gasteiger partial charge in [-0.25, -0.2) is 0 Å². The minimum atomic E-state index is -0.566. The summed E-state index contributed by atoms with van der Waals surface area (Å²) in [6, 6.07) is 5.48. The quantitative estimate of drug-likeness (QED) is 0.699. The monoisotopic (exact) mass is 412 g/mol. The van der Waals surface area contributed by atoms with Crippen LogP contribution in [-0.4, -0.2) is 72.0 Å². The van der Waals surface area contributed by atoms with Gasteiger partial charge >= 0.3 is 0 Å². The Morgan fingerprint density at radius 3 is 2.80 bits per heavy atom. The normalized spacial score (nSPS) is 26.7. The SMILES string of the molecule is O=C1CCC(N2Cc3cc(CN4CCOCC45CCNCC5)ccc3C2=O)C(=O)N1. The summed E-state index contributed by atoms with van der Waals surface area (Å²) in [7, 11) is 0. The number of nitrogens with one attached hydrogen (secondary N) is 2. The van der Waals surface area contributed by atoms with E-state index in [9.17, 15) is 14.4 Å². The molecule has 3 amide bonds. The molecule has 3 fully saturated rings. The Kier molecular flexibility index (Phi) is 5.08. The van der Waals surface area contributed by atoms with Crippen molar-refractivity contribution in [1.82, 2.24) is 20.4 Å². The van der Waals surface area contributed by atoms with Crippen LogP contribution in [0.15, 0.2) is 18.2 Å². The molecule has 1 unspecified atom stereocenters. The van der Waals surface area contributed by atoms with Gasteiger partial charge in [-0.2, -0.15) is 0 Å². The Morgan fingerprint density at radius 1 is 1.17 bits per heavy atom. The van der Waals surface area contributed by atoms with Crippen molar-refractivity contribution in [3.05, 3.63) is 34.9 Å². The molecule has 0 bridgehead atoms. The second-order valence-electron chi connectivity index (χ2n) is 8.84. The highest BCUT2D eigenvalue weighted by Crippen LogP contribution is 2.33. The van der Waals surface area contributed by atoms with E-state index < -0.39 is 6.04 Å². The number of fused-ring (bicyclic) bond motifs is 1. The van der Waals surface area contributed by atoms with Crippen LogP contribution >= 0.6 is 0 Å². The Morgan fingerprint density at radius 2 is 2.00 bits per heavy atom. The van der Waals surface area contributed by atoms with Gasteiger partial charge in [-0.05, 0) is 49.5 Å². The maximum atomic E-state index is 12.9. The van der Waals surface area contributed by atoms with Crippen LogP contribution in [0.1, 0.15) is 47.2 Å². The van der Waals surface area contributed by atoms with E-state index in [1.54, 1.807) is 4.90 Å². The standard InChI is InChI=1S/C22H28N4O4/c27-19-4-3-18(20(28)24-19)26-13-16-11-15(1-2-17(16)21(26)29)12-25-9-10-30-14-22(25)5-7-23-8-6-22/h1-2,11,18,23H,3-10,12-14H2,(H,24,27,28). The molecular weight excluding hydrogens is 384 g/mol. The van der Waals surface area contributed by atoms with Crippen LogP contribution in [0.2, 0.25) is 0 Å². The fourth-order valence-electron chi connectivity index (χ4n) is 5.31. The number of ether oxygens (including phenoxy) is 1. The summed E-state index contributed by atoms with van der Waals surface area (Å²) < 4.78 is 5.84. The van der Waals surface area contributed by atoms with E-state index in [-0.39, 0.29) is 29.7 Å². The van der Waals surface area contributed by atoms with Crippen LogP contribution in [0.4, 0.5) is 0 Å². The van der Waals surface area contributed by atoms with E-state index in [2.05, 4.69) is 21.6 Å². The average molecular weight is 412 g/mol. The summed E-state index contributed by atoms with van der Waals surface area (Å²) in [4.78, 5) is 40.7. The minimum absolute atomic E-state index is 0.0943. The first-order valence-electron chi connectivity index (χ1n) is 10.9. The summed E-state index contributed by atoms with van der Waals surface area (Å²) in [6.45, 7) is 5.73. The first-order valence-corrected chi connectivity index (χ1v) is 10.9. The lowest BCUT2D eigenvalue weighted by Gasteiger charge is -2.49. The number of carbonyl (C=O) groups excluding carboxylic acids is 3. The first kappa shape index (κ1) is 19.7. The van der Waals surface area contributed by atoms with Crippen LogP contribution < -0.4 is 10.6 Å². The summed E-state index contributed by atoms with van der Waals surface area (Å²) in [5.41, 5.74) is 2.92. The number of piperidine rings is 2. The van der Waals surface area contributed by atoms with Crippen LogP contribution in [0.5, 0.6) is 0 Å². The number of carbonyl (C=O) groups is 3. The van der Waals surface area contributed by atoms with Crippen molar-refractivity contribution >= 4 is 17.7 Å². The third kappa shape index (κ3) is 3.42. The Labute approximate surface area is 175 Å². The zero-order valence-electron chi connectivity index (χ0n) is 17.1. The fraction of sp³-hybridized carbons (Fsp3) is 0.591. The topological polar surface area (TPSA) is 91.0 Å². The van der Waals surface area contributed by atoms with E-state index in [0.717, 1.165) is 57.8 Å². The Bertz CT molecular complexity index is 872. The van der Waals surface area contributed by atoms with Gasteiger partial charge in [0.2, 0.25) is 11.8 Å². The molecule has 0 radical (unpaired) electrons. The van der Waals surface area contributed by atoms with Crippen molar-refractivity contribution < 1.29 is 19.1 Å². The highest BCUT2D eigenvalue weighted by molar-refractivity contribution is 6.05. The number of imide groups is 1. The van der Waals surface area contributed by atoms with Crippen molar-refractivity contribution in [2.75, 3.05) is 32.8 Å². The largest absolute Gasteiger partial charge is 0.378 e. The maximum absolute atomic E-state index is 12.9. The third-order valence-corrected chi connectivity index (χ3v) is 7.04. The molecule has 4 heterocycles. The second kappa shape index (κ2) is 7.76. The number of morpholine rings is 1. The van der Waals surface area contributed by atoms with E-state index in [0.29, 0.717) is 18.5 Å². The van der Waals surface area contributed by atoms with Crippen LogP contribution in [0.25, 0.3) is 0 Å². The van der Waals surface area contributed by atoms with Crippen LogP contribution in [0, 0.1) is 0 Å². The highest BCUT2D eigenvalue weighted by atomic mass is 16.5. The zero-order chi connectivity index (χ0) is 20.7. The van der Waals surface area contributed by atoms with Crippen molar-refractivity contribution in [3.8, 4) is 0 Å². The molecule has 8 nitrogen and oxygen atoms in total. The van der Waals surface area contributed by atoms with Gasteiger partial charge in [-0.1, -0.05) is 12.1 Å². The van der Waals surface area contributed by atoms with E-state index >= 15 is 0 Å². The van der Waals surface area contributed by atoms with Crippen molar-refractivity contribution in [2.24, 2.45) is 0 Å². The smallest absolute Gasteiger partial charge is 0.255 e. The predicted molar refractivity (Wildman–Crippen MR) is 109 cm³/mol. The van der Waals surface area contributed by atoms with Gasteiger partial charge in [-0.15, -0.1) is 0 Å². The minimum Gasteiger partial charge on any atom is -0.378 e. The van der Waals surface area contributed by atoms with Crippen molar-refractivity contribution in [3.63, 3.8) is 0 Å². The molecule has 0 saturated carbocycles. The van der Waals surface area contributed by atoms with Gasteiger partial charge < -0.3 is 15.0 Å². The molecule has 1 aromatic rings. The zero-order valence-corrected chi connectivity index (χ0v) is 17.1. The van der Waals surface area contributed by atoms with Gasteiger partial charge in [0, 0.05) is 37.2 Å². The molecule has 4 aliphatic heterocycles. The first-order chi connectivity index (χ1) is 14.6. The Balaban J connectivity index is 1.33. The number of amides is 3. The van der Waals surface area contributed by atoms with Gasteiger partial charge in [0.1, 0.15) is 6.04 Å². The predicted octanol–water partition coefficient (Wildman–Crippen LogP) is 0.402. The van der Waals surface area contributed by atoms with Gasteiger partial charge in [0.15, 0.2) is 0 Å². The van der Waals surface area contributed by atoms with Gasteiger partial charge in [0.25, 0.3) is 5.91 Å². The van der Waals surface area contributed by atoms with Crippen molar-refractivity contribution in [2.45, 2.75) is 50.4 Å². The molecular formula is C22H28N4O4. The molecule has 1 spiro atoms. The molecule has 4 aliphatic rings. The van der Waals surface area contributed by atoms with Crippen molar-refractivity contribution in [1.29, 1.82) is 0 Å². The highest BCUT2D eigenvalue weighted by Gasteiger charge is 2.41.